The molecule has 1 amide bonds. The Bertz CT molecular complexity index is 429. The van der Waals surface area contributed by atoms with Crippen molar-refractivity contribution in [3.63, 3.8) is 0 Å². The van der Waals surface area contributed by atoms with E-state index in [2.05, 4.69) is 6.58 Å². The van der Waals surface area contributed by atoms with E-state index in [1.54, 1.807) is 11.9 Å². The highest BCUT2D eigenvalue weighted by Gasteiger charge is 2.30. The molecule has 0 aromatic rings. The van der Waals surface area contributed by atoms with Gasteiger partial charge in [0.1, 0.15) is 6.54 Å². The highest BCUT2D eigenvalue weighted by atomic mass is 32.2. The molecule has 0 rings (SSSR count). The number of amides is 1. The first-order chi connectivity index (χ1) is 8.51. The van der Waals surface area contributed by atoms with E-state index in [-0.39, 0.29) is 24.6 Å². The highest BCUT2D eigenvalue weighted by molar-refractivity contribution is 7.85. The molecule has 0 aliphatic rings. The number of carbonyl (C=O) groups is 1. The van der Waals surface area contributed by atoms with E-state index in [0.717, 1.165) is 13.0 Å². The molecular formula is C12H25N2O4S+. The Morgan fingerprint density at radius 2 is 1.89 bits per heavy atom. The molecular weight excluding hydrogens is 268 g/mol. The summed E-state index contributed by atoms with van der Waals surface area (Å²) in [4.78, 5) is 12.1. The maximum absolute atomic E-state index is 12.1. The Kier molecular flexibility index (Phi) is 6.68. The van der Waals surface area contributed by atoms with Crippen molar-refractivity contribution in [2.75, 3.05) is 32.9 Å². The van der Waals surface area contributed by atoms with Crippen LogP contribution < -0.4 is 0 Å². The molecule has 0 saturated heterocycles. The Labute approximate surface area is 116 Å². The van der Waals surface area contributed by atoms with E-state index in [0.29, 0.717) is 10.2 Å². The molecule has 7 heteroatoms. The molecule has 112 valence electrons. The topological polar surface area (TPSA) is 74.7 Å². The van der Waals surface area contributed by atoms with Gasteiger partial charge in [0.2, 0.25) is 0 Å². The molecule has 1 N–H and O–H groups in total. The van der Waals surface area contributed by atoms with Crippen molar-refractivity contribution in [3.8, 4) is 0 Å². The zero-order valence-corrected chi connectivity index (χ0v) is 13.0. The smallest absolute Gasteiger partial charge is 0.286 e. The zero-order valence-electron chi connectivity index (χ0n) is 12.2. The molecule has 0 bridgehead atoms. The Morgan fingerprint density at radius 3 is 2.26 bits per heavy atom. The van der Waals surface area contributed by atoms with Crippen molar-refractivity contribution in [1.29, 1.82) is 0 Å². The lowest BCUT2D eigenvalue weighted by atomic mass is 10.3. The third-order valence-corrected chi connectivity index (χ3v) is 3.60. The third kappa shape index (κ3) is 6.70. The van der Waals surface area contributed by atoms with Crippen LogP contribution >= 0.6 is 0 Å². The van der Waals surface area contributed by atoms with Crippen LogP contribution in [0.5, 0.6) is 0 Å². The largest absolute Gasteiger partial charge is 0.293 e. The molecule has 0 heterocycles. The van der Waals surface area contributed by atoms with Crippen LogP contribution in [0.15, 0.2) is 12.2 Å². The van der Waals surface area contributed by atoms with Crippen molar-refractivity contribution in [1.82, 2.24) is 5.01 Å². The summed E-state index contributed by atoms with van der Waals surface area (Å²) in [5.41, 5.74) is 0.411. The first-order valence-electron chi connectivity index (χ1n) is 6.27. The second kappa shape index (κ2) is 7.02. The van der Waals surface area contributed by atoms with E-state index >= 15 is 0 Å². The van der Waals surface area contributed by atoms with Crippen molar-refractivity contribution in [2.45, 2.75) is 26.7 Å². The number of nitrogens with zero attached hydrogens (tertiary/aromatic N) is 2. The second-order valence-corrected chi connectivity index (χ2v) is 6.76. The first-order valence-corrected chi connectivity index (χ1v) is 7.88. The quantitative estimate of drug-likeness (QED) is 0.314. The van der Waals surface area contributed by atoms with Gasteiger partial charge in [-0.05, 0) is 19.8 Å². The fourth-order valence-electron chi connectivity index (χ4n) is 1.90. The fourth-order valence-corrected chi connectivity index (χ4v) is 2.40. The molecule has 0 saturated carbocycles. The van der Waals surface area contributed by atoms with E-state index in [1.165, 1.54) is 0 Å². The summed E-state index contributed by atoms with van der Waals surface area (Å²) in [6.07, 6.45) is 1.09. The van der Waals surface area contributed by atoms with Crippen molar-refractivity contribution >= 4 is 16.0 Å². The van der Waals surface area contributed by atoms with Gasteiger partial charge < -0.3 is 0 Å². The number of carbonyl (C=O) groups excluding carboxylic acids is 1. The molecule has 0 radical (unpaired) electrons. The molecule has 0 atom stereocenters. The van der Waals surface area contributed by atoms with E-state index in [9.17, 15) is 13.2 Å². The third-order valence-electron chi connectivity index (χ3n) is 2.80. The molecule has 0 aromatic heterocycles. The molecule has 19 heavy (non-hydrogen) atoms. The molecule has 6 nitrogen and oxygen atoms in total. The predicted molar refractivity (Wildman–Crippen MR) is 74.8 cm³/mol. The normalized spacial score (nSPS) is 12.3. The maximum atomic E-state index is 12.1. The van der Waals surface area contributed by atoms with Gasteiger partial charge in [0.15, 0.2) is 0 Å². The van der Waals surface area contributed by atoms with Crippen LogP contribution in [-0.4, -0.2) is 61.4 Å². The average molecular weight is 293 g/mol. The highest BCUT2D eigenvalue weighted by Crippen LogP contribution is 2.12. The van der Waals surface area contributed by atoms with Gasteiger partial charge in [-0.2, -0.15) is 13.4 Å². The lowest BCUT2D eigenvalue weighted by molar-refractivity contribution is -0.990. The Balaban J connectivity index is 4.88. The Morgan fingerprint density at radius 1 is 1.37 bits per heavy atom. The number of rotatable bonds is 8. The van der Waals surface area contributed by atoms with Crippen LogP contribution in [-0.2, 0) is 14.9 Å². The van der Waals surface area contributed by atoms with E-state index in [1.807, 2.05) is 21.0 Å². The molecule has 0 unspecified atom stereocenters. The van der Waals surface area contributed by atoms with E-state index in [4.69, 9.17) is 4.55 Å². The molecule has 0 aliphatic heterocycles. The monoisotopic (exact) mass is 293 g/mol. The minimum Gasteiger partial charge on any atom is -0.286 e. The second-order valence-electron chi connectivity index (χ2n) is 5.19. The molecule has 0 fully saturated rings. The van der Waals surface area contributed by atoms with Crippen LogP contribution in [0.2, 0.25) is 0 Å². The van der Waals surface area contributed by atoms with Crippen LogP contribution in [0.3, 0.4) is 0 Å². The lowest BCUT2D eigenvalue weighted by Crippen LogP contribution is -2.58. The summed E-state index contributed by atoms with van der Waals surface area (Å²) in [5, 5.41) is 1.58. The zero-order chi connectivity index (χ0) is 15.3. The summed E-state index contributed by atoms with van der Waals surface area (Å²) in [6.45, 7) is 8.30. The van der Waals surface area contributed by atoms with Gasteiger partial charge >= 0.3 is 0 Å². The van der Waals surface area contributed by atoms with Gasteiger partial charge in [0.05, 0.1) is 26.4 Å². The number of hydrogen-bond acceptors (Lipinski definition) is 3. The molecule has 0 aromatic carbocycles. The maximum Gasteiger partial charge on any atom is 0.293 e. The predicted octanol–water partition coefficient (Wildman–Crippen LogP) is 1.07. The van der Waals surface area contributed by atoms with Crippen molar-refractivity contribution in [2.24, 2.45) is 0 Å². The minimum atomic E-state index is -3.99. The summed E-state index contributed by atoms with van der Waals surface area (Å²) in [7, 11) is -0.217. The summed E-state index contributed by atoms with van der Waals surface area (Å²) in [6, 6.07) is 0. The SMILES string of the molecule is C=C(C)C(=O)N(CCCS(=O)(=O)O)[N+](C)(C)CCC. The van der Waals surface area contributed by atoms with Gasteiger partial charge in [0.25, 0.3) is 16.0 Å². The van der Waals surface area contributed by atoms with E-state index < -0.39 is 10.1 Å². The average Bonchev–Trinajstić information content (AvgIpc) is 2.21. The lowest BCUT2D eigenvalue weighted by Gasteiger charge is -2.39. The summed E-state index contributed by atoms with van der Waals surface area (Å²) in [5.74, 6) is -0.548. The van der Waals surface area contributed by atoms with Crippen LogP contribution in [0.4, 0.5) is 0 Å². The van der Waals surface area contributed by atoms with Gasteiger partial charge in [0, 0.05) is 5.57 Å². The Hall–Kier alpha value is -0.920. The number of quaternary nitrogens is 1. The van der Waals surface area contributed by atoms with Crippen molar-refractivity contribution < 1.29 is 22.4 Å². The summed E-state index contributed by atoms with van der Waals surface area (Å²) >= 11 is 0. The minimum absolute atomic E-state index is 0.198. The fraction of sp³-hybridized carbons (Fsp3) is 0.750. The van der Waals surface area contributed by atoms with Crippen LogP contribution in [0, 0.1) is 0 Å². The number of hydrogen-bond donors (Lipinski definition) is 1. The van der Waals surface area contributed by atoms with Crippen LogP contribution in [0.1, 0.15) is 26.7 Å². The molecule has 0 aliphatic carbocycles. The summed E-state index contributed by atoms with van der Waals surface area (Å²) < 4.78 is 30.5. The van der Waals surface area contributed by atoms with Gasteiger partial charge in [-0.25, -0.2) is 4.59 Å². The van der Waals surface area contributed by atoms with Crippen molar-refractivity contribution in [3.05, 3.63) is 12.2 Å². The van der Waals surface area contributed by atoms with Crippen LogP contribution in [0.25, 0.3) is 0 Å². The molecule has 0 spiro atoms. The van der Waals surface area contributed by atoms with Gasteiger partial charge in [-0.15, -0.1) is 0 Å². The first kappa shape index (κ1) is 18.1. The standard InChI is InChI=1S/C12H24N2O4S/c1-6-9-14(4,5)13(12(15)11(2)3)8-7-10-19(16,17)18/h2,6-10H2,1,3-5H3/p+1. The van der Waals surface area contributed by atoms with Gasteiger partial charge in [-0.3, -0.25) is 9.35 Å². The van der Waals surface area contributed by atoms with Gasteiger partial charge in [-0.1, -0.05) is 13.5 Å².